The van der Waals surface area contributed by atoms with Gasteiger partial charge in [-0.15, -0.1) is 0 Å². The molecule has 18 heavy (non-hydrogen) atoms. The van der Waals surface area contributed by atoms with Crippen LogP contribution >= 0.6 is 0 Å². The average molecular weight is 246 g/mol. The van der Waals surface area contributed by atoms with Crippen LogP contribution in [0.1, 0.15) is 26.4 Å². The highest BCUT2D eigenvalue weighted by molar-refractivity contribution is 6.07. The lowest BCUT2D eigenvalue weighted by Gasteiger charge is -2.02. The Bertz CT molecular complexity index is 592. The van der Waals surface area contributed by atoms with Crippen molar-refractivity contribution in [1.29, 1.82) is 0 Å². The van der Waals surface area contributed by atoms with Gasteiger partial charge in [-0.05, 0) is 19.1 Å². The lowest BCUT2D eigenvalue weighted by atomic mass is 10.2. The number of H-pyrrole nitrogens is 1. The number of carboxylic acids is 1. The summed E-state index contributed by atoms with van der Waals surface area (Å²) in [6, 6.07) is 3.05. The van der Waals surface area contributed by atoms with Crippen LogP contribution < -0.4 is 5.32 Å². The molecule has 2 rings (SSSR count). The zero-order chi connectivity index (χ0) is 13.1. The zero-order valence-corrected chi connectivity index (χ0v) is 9.47. The molecule has 0 aliphatic heterocycles. The minimum absolute atomic E-state index is 0.00168. The summed E-state index contributed by atoms with van der Waals surface area (Å²) in [5.41, 5.74) is 0.715. The third kappa shape index (κ3) is 2.19. The van der Waals surface area contributed by atoms with Crippen LogP contribution in [0.15, 0.2) is 24.5 Å². The fourth-order valence-electron chi connectivity index (χ4n) is 1.46. The maximum atomic E-state index is 11.8. The molecular formula is C11H10N4O3. The number of nitrogens with one attached hydrogen (secondary N) is 2. The third-order valence-electron chi connectivity index (χ3n) is 2.34. The van der Waals surface area contributed by atoms with E-state index >= 15 is 0 Å². The molecule has 2 aromatic rings. The quantitative estimate of drug-likeness (QED) is 0.750. The van der Waals surface area contributed by atoms with E-state index in [1.54, 1.807) is 6.92 Å². The predicted molar refractivity (Wildman–Crippen MR) is 62.5 cm³/mol. The van der Waals surface area contributed by atoms with Crippen LogP contribution in [0.2, 0.25) is 0 Å². The van der Waals surface area contributed by atoms with E-state index in [0.717, 1.165) is 0 Å². The van der Waals surface area contributed by atoms with Gasteiger partial charge in [0.2, 0.25) is 0 Å². The lowest BCUT2D eigenvalue weighted by Crippen LogP contribution is -2.14. The molecule has 0 spiro atoms. The van der Waals surface area contributed by atoms with Crippen LogP contribution in [-0.4, -0.2) is 32.2 Å². The number of carbonyl (C=O) groups is 2. The fourth-order valence-corrected chi connectivity index (χ4v) is 1.46. The van der Waals surface area contributed by atoms with Crippen LogP contribution in [0.25, 0.3) is 0 Å². The molecule has 0 saturated heterocycles. The van der Waals surface area contributed by atoms with Gasteiger partial charge in [-0.3, -0.25) is 14.9 Å². The number of aromatic nitrogens is 3. The molecule has 0 saturated carbocycles. The van der Waals surface area contributed by atoms with Gasteiger partial charge in [0.15, 0.2) is 5.82 Å². The highest BCUT2D eigenvalue weighted by Gasteiger charge is 2.19. The van der Waals surface area contributed by atoms with Gasteiger partial charge in [-0.1, -0.05) is 0 Å². The number of aromatic amines is 1. The van der Waals surface area contributed by atoms with E-state index in [0.29, 0.717) is 11.3 Å². The van der Waals surface area contributed by atoms with Crippen LogP contribution in [0, 0.1) is 6.92 Å². The summed E-state index contributed by atoms with van der Waals surface area (Å²) < 4.78 is 0. The molecule has 2 aromatic heterocycles. The van der Waals surface area contributed by atoms with Gasteiger partial charge in [-0.2, -0.15) is 5.10 Å². The number of hydrogen-bond acceptors (Lipinski definition) is 4. The van der Waals surface area contributed by atoms with Crippen molar-refractivity contribution in [3.8, 4) is 0 Å². The summed E-state index contributed by atoms with van der Waals surface area (Å²) in [6.45, 7) is 1.57. The van der Waals surface area contributed by atoms with Gasteiger partial charge in [0, 0.05) is 23.7 Å². The van der Waals surface area contributed by atoms with E-state index in [9.17, 15) is 9.59 Å². The molecule has 0 aliphatic carbocycles. The van der Waals surface area contributed by atoms with Crippen molar-refractivity contribution in [2.45, 2.75) is 6.92 Å². The van der Waals surface area contributed by atoms with Crippen molar-refractivity contribution < 1.29 is 14.7 Å². The molecule has 1 amide bonds. The van der Waals surface area contributed by atoms with Crippen molar-refractivity contribution in [1.82, 2.24) is 15.2 Å². The molecule has 7 heteroatoms. The topological polar surface area (TPSA) is 108 Å². The Morgan fingerprint density at radius 2 is 2.00 bits per heavy atom. The number of aromatic carboxylic acids is 1. The normalized spacial score (nSPS) is 10.1. The molecule has 0 unspecified atom stereocenters. The second-order valence-electron chi connectivity index (χ2n) is 3.57. The molecule has 0 aliphatic rings. The van der Waals surface area contributed by atoms with Gasteiger partial charge in [0.05, 0.1) is 0 Å². The Morgan fingerprint density at radius 1 is 1.33 bits per heavy atom. The summed E-state index contributed by atoms with van der Waals surface area (Å²) in [6.07, 6.45) is 2.95. The first kappa shape index (κ1) is 11.8. The van der Waals surface area contributed by atoms with Crippen LogP contribution in [0.5, 0.6) is 0 Å². The third-order valence-corrected chi connectivity index (χ3v) is 2.34. The minimum Gasteiger partial charge on any atom is -0.477 e. The standard InChI is InChI=1S/C11H10N4O3/c1-6-8(11(17)18)9(15-14-6)13-10(16)7-2-4-12-5-3-7/h2-5H,1H3,(H,17,18)(H2,13,14,15,16). The maximum absolute atomic E-state index is 11.8. The second-order valence-corrected chi connectivity index (χ2v) is 3.57. The summed E-state index contributed by atoms with van der Waals surface area (Å²) in [7, 11) is 0. The Labute approximate surface area is 102 Å². The largest absolute Gasteiger partial charge is 0.477 e. The van der Waals surface area contributed by atoms with Crippen molar-refractivity contribution in [2.24, 2.45) is 0 Å². The van der Waals surface area contributed by atoms with Gasteiger partial charge < -0.3 is 10.4 Å². The molecule has 92 valence electrons. The zero-order valence-electron chi connectivity index (χ0n) is 9.47. The highest BCUT2D eigenvalue weighted by Crippen LogP contribution is 2.16. The Hall–Kier alpha value is -2.70. The molecule has 0 fully saturated rings. The van der Waals surface area contributed by atoms with Gasteiger partial charge in [0.25, 0.3) is 5.91 Å². The Kier molecular flexibility index (Phi) is 3.05. The van der Waals surface area contributed by atoms with Gasteiger partial charge in [-0.25, -0.2) is 4.79 Å². The summed E-state index contributed by atoms with van der Waals surface area (Å²) in [5.74, 6) is -1.58. The number of amides is 1. The monoisotopic (exact) mass is 246 g/mol. The highest BCUT2D eigenvalue weighted by atomic mass is 16.4. The molecule has 0 atom stereocenters. The van der Waals surface area contributed by atoms with Crippen LogP contribution in [0.3, 0.4) is 0 Å². The number of pyridine rings is 1. The van der Waals surface area contributed by atoms with Crippen LogP contribution in [0.4, 0.5) is 5.82 Å². The van der Waals surface area contributed by atoms with E-state index in [1.165, 1.54) is 24.5 Å². The van der Waals surface area contributed by atoms with E-state index in [4.69, 9.17) is 5.11 Å². The first-order chi connectivity index (χ1) is 8.59. The summed E-state index contributed by atoms with van der Waals surface area (Å²) in [4.78, 5) is 26.6. The number of nitrogens with zero attached hydrogens (tertiary/aromatic N) is 2. The summed E-state index contributed by atoms with van der Waals surface area (Å²) in [5, 5.41) is 17.7. The number of rotatable bonds is 3. The average Bonchev–Trinajstić information content (AvgIpc) is 2.71. The number of carboxylic acid groups (broad SMARTS) is 1. The first-order valence-corrected chi connectivity index (χ1v) is 5.09. The number of anilines is 1. The van der Waals surface area contributed by atoms with E-state index in [1.807, 2.05) is 0 Å². The van der Waals surface area contributed by atoms with Crippen molar-refractivity contribution in [2.75, 3.05) is 5.32 Å². The van der Waals surface area contributed by atoms with Crippen molar-refractivity contribution in [3.63, 3.8) is 0 Å². The minimum atomic E-state index is -1.15. The van der Waals surface area contributed by atoms with Crippen LogP contribution in [-0.2, 0) is 0 Å². The SMILES string of the molecule is Cc1[nH]nc(NC(=O)c2ccncc2)c1C(=O)O. The second kappa shape index (κ2) is 4.66. The lowest BCUT2D eigenvalue weighted by molar-refractivity contribution is 0.0697. The predicted octanol–water partition coefficient (Wildman–Crippen LogP) is 1.06. The molecule has 2 heterocycles. The van der Waals surface area contributed by atoms with E-state index in [2.05, 4.69) is 20.5 Å². The molecule has 0 radical (unpaired) electrons. The molecular weight excluding hydrogens is 236 g/mol. The Balaban J connectivity index is 2.25. The van der Waals surface area contributed by atoms with Crippen molar-refractivity contribution in [3.05, 3.63) is 41.3 Å². The number of hydrogen-bond donors (Lipinski definition) is 3. The fraction of sp³-hybridized carbons (Fsp3) is 0.0909. The smallest absolute Gasteiger partial charge is 0.341 e. The molecule has 0 aromatic carbocycles. The number of aryl methyl sites for hydroxylation is 1. The molecule has 3 N–H and O–H groups in total. The molecule has 0 bridgehead atoms. The van der Waals surface area contributed by atoms with E-state index in [-0.39, 0.29) is 11.4 Å². The van der Waals surface area contributed by atoms with Crippen molar-refractivity contribution >= 4 is 17.7 Å². The van der Waals surface area contributed by atoms with Gasteiger partial charge >= 0.3 is 5.97 Å². The van der Waals surface area contributed by atoms with Gasteiger partial charge in [0.1, 0.15) is 5.56 Å². The molecule has 7 nitrogen and oxygen atoms in total. The maximum Gasteiger partial charge on any atom is 0.341 e. The number of carbonyl (C=O) groups excluding carboxylic acids is 1. The first-order valence-electron chi connectivity index (χ1n) is 5.09. The van der Waals surface area contributed by atoms with E-state index < -0.39 is 11.9 Å². The summed E-state index contributed by atoms with van der Waals surface area (Å²) >= 11 is 0. The Morgan fingerprint density at radius 3 is 2.61 bits per heavy atom.